The molecule has 0 unspecified atom stereocenters. The predicted octanol–water partition coefficient (Wildman–Crippen LogP) is 1.39. The van der Waals surface area contributed by atoms with Crippen LogP contribution in [0.15, 0.2) is 24.5 Å². The third kappa shape index (κ3) is 1.89. The van der Waals surface area contributed by atoms with Crippen molar-refractivity contribution < 1.29 is 4.79 Å². The average Bonchev–Trinajstić information content (AvgIpc) is 2.27. The van der Waals surface area contributed by atoms with E-state index in [9.17, 15) is 4.79 Å². The van der Waals surface area contributed by atoms with Gasteiger partial charge in [0.2, 0.25) is 5.91 Å². The lowest BCUT2D eigenvalue weighted by Gasteiger charge is -2.33. The summed E-state index contributed by atoms with van der Waals surface area (Å²) in [4.78, 5) is 15.8. The summed E-state index contributed by atoms with van der Waals surface area (Å²) in [6.45, 7) is 0.441. The molecule has 0 atom stereocenters. The Kier molecular flexibility index (Phi) is 2.86. The van der Waals surface area contributed by atoms with Crippen molar-refractivity contribution in [3.63, 3.8) is 0 Å². The highest BCUT2D eigenvalue weighted by molar-refractivity contribution is 5.86. The molecule has 16 heavy (non-hydrogen) atoms. The van der Waals surface area contributed by atoms with Crippen molar-refractivity contribution in [3.8, 4) is 6.07 Å². The van der Waals surface area contributed by atoms with Crippen LogP contribution in [0.25, 0.3) is 0 Å². The number of amides is 1. The molecule has 1 heterocycles. The van der Waals surface area contributed by atoms with Gasteiger partial charge < -0.3 is 5.32 Å². The van der Waals surface area contributed by atoms with Gasteiger partial charge in [0.1, 0.15) is 5.41 Å². The van der Waals surface area contributed by atoms with Crippen LogP contribution in [0.2, 0.25) is 0 Å². The number of nitriles is 1. The lowest BCUT2D eigenvalue weighted by Crippen LogP contribution is -2.44. The largest absolute Gasteiger partial charge is 0.351 e. The van der Waals surface area contributed by atoms with Crippen molar-refractivity contribution in [2.24, 2.45) is 5.41 Å². The van der Waals surface area contributed by atoms with E-state index in [0.717, 1.165) is 12.0 Å². The summed E-state index contributed by atoms with van der Waals surface area (Å²) in [5.74, 6) is -0.148. The number of aromatic nitrogens is 1. The van der Waals surface area contributed by atoms with Crippen LogP contribution in [0.3, 0.4) is 0 Å². The van der Waals surface area contributed by atoms with E-state index in [-0.39, 0.29) is 5.91 Å². The summed E-state index contributed by atoms with van der Waals surface area (Å²) < 4.78 is 0. The maximum absolute atomic E-state index is 11.8. The Balaban J connectivity index is 1.92. The monoisotopic (exact) mass is 215 g/mol. The third-order valence-electron chi connectivity index (χ3n) is 3.03. The van der Waals surface area contributed by atoms with E-state index in [4.69, 9.17) is 5.26 Å². The molecule has 1 aliphatic carbocycles. The molecule has 4 nitrogen and oxygen atoms in total. The molecular formula is C12H13N3O. The molecule has 1 saturated carbocycles. The summed E-state index contributed by atoms with van der Waals surface area (Å²) in [6, 6.07) is 5.84. The van der Waals surface area contributed by atoms with Crippen LogP contribution in [0.1, 0.15) is 24.8 Å². The maximum atomic E-state index is 11.8. The molecule has 1 N–H and O–H groups in total. The molecule has 1 aliphatic rings. The Hall–Kier alpha value is -1.89. The SMILES string of the molecule is N#CC1(C(=O)NCc2cccnc2)CCC1. The van der Waals surface area contributed by atoms with Gasteiger partial charge in [0, 0.05) is 18.9 Å². The summed E-state index contributed by atoms with van der Waals surface area (Å²) in [6.07, 6.45) is 5.73. The van der Waals surface area contributed by atoms with Gasteiger partial charge in [-0.3, -0.25) is 9.78 Å². The van der Waals surface area contributed by atoms with E-state index in [1.165, 1.54) is 0 Å². The van der Waals surface area contributed by atoms with Crippen LogP contribution in [0.4, 0.5) is 0 Å². The van der Waals surface area contributed by atoms with Crippen LogP contribution in [-0.4, -0.2) is 10.9 Å². The summed E-state index contributed by atoms with van der Waals surface area (Å²) in [5.41, 5.74) is 0.186. The van der Waals surface area contributed by atoms with Crippen LogP contribution in [0.5, 0.6) is 0 Å². The predicted molar refractivity (Wildman–Crippen MR) is 58.0 cm³/mol. The molecule has 1 fully saturated rings. The fourth-order valence-corrected chi connectivity index (χ4v) is 1.77. The van der Waals surface area contributed by atoms with E-state index in [1.807, 2.05) is 12.1 Å². The van der Waals surface area contributed by atoms with Gasteiger partial charge in [0.05, 0.1) is 6.07 Å². The average molecular weight is 215 g/mol. The van der Waals surface area contributed by atoms with Gasteiger partial charge in [0.15, 0.2) is 0 Å². The molecule has 0 radical (unpaired) electrons. The number of carbonyl (C=O) groups excluding carboxylic acids is 1. The number of rotatable bonds is 3. The van der Waals surface area contributed by atoms with Gasteiger partial charge in [-0.1, -0.05) is 6.07 Å². The molecule has 0 saturated heterocycles. The van der Waals surface area contributed by atoms with Crippen LogP contribution < -0.4 is 5.32 Å². The first kappa shape index (κ1) is 10.6. The van der Waals surface area contributed by atoms with Gasteiger partial charge in [-0.2, -0.15) is 5.26 Å². The molecule has 0 aromatic carbocycles. The van der Waals surface area contributed by atoms with E-state index in [1.54, 1.807) is 12.4 Å². The second-order valence-electron chi connectivity index (χ2n) is 4.09. The van der Waals surface area contributed by atoms with E-state index >= 15 is 0 Å². The Morgan fingerprint density at radius 2 is 2.44 bits per heavy atom. The number of carbonyl (C=O) groups is 1. The topological polar surface area (TPSA) is 65.8 Å². The second kappa shape index (κ2) is 4.31. The quantitative estimate of drug-likeness (QED) is 0.828. The van der Waals surface area contributed by atoms with Gasteiger partial charge in [-0.15, -0.1) is 0 Å². The van der Waals surface area contributed by atoms with E-state index in [0.29, 0.717) is 19.4 Å². The van der Waals surface area contributed by atoms with E-state index in [2.05, 4.69) is 16.4 Å². The van der Waals surface area contributed by atoms with Crippen molar-refractivity contribution >= 4 is 5.91 Å². The molecule has 82 valence electrons. The summed E-state index contributed by atoms with van der Waals surface area (Å²) in [7, 11) is 0. The highest BCUT2D eigenvalue weighted by Gasteiger charge is 2.44. The zero-order valence-electron chi connectivity index (χ0n) is 8.94. The molecule has 4 heteroatoms. The standard InChI is InChI=1S/C12H13N3O/c13-9-12(4-2-5-12)11(16)15-8-10-3-1-6-14-7-10/h1,3,6-7H,2,4-5,8H2,(H,15,16). The maximum Gasteiger partial charge on any atom is 0.240 e. The molecule has 1 aromatic rings. The van der Waals surface area contributed by atoms with Gasteiger partial charge in [-0.05, 0) is 30.9 Å². The molecular weight excluding hydrogens is 202 g/mol. The molecule has 0 aliphatic heterocycles. The number of hydrogen-bond donors (Lipinski definition) is 1. The fourth-order valence-electron chi connectivity index (χ4n) is 1.77. The van der Waals surface area contributed by atoms with Crippen molar-refractivity contribution in [2.75, 3.05) is 0 Å². The molecule has 1 amide bonds. The Morgan fingerprint density at radius 1 is 1.62 bits per heavy atom. The van der Waals surface area contributed by atoms with Crippen molar-refractivity contribution in [3.05, 3.63) is 30.1 Å². The Morgan fingerprint density at radius 3 is 2.94 bits per heavy atom. The van der Waals surface area contributed by atoms with Gasteiger partial charge in [-0.25, -0.2) is 0 Å². The highest BCUT2D eigenvalue weighted by atomic mass is 16.2. The summed E-state index contributed by atoms with van der Waals surface area (Å²) >= 11 is 0. The summed E-state index contributed by atoms with van der Waals surface area (Å²) in [5, 5.41) is 11.8. The second-order valence-corrected chi connectivity index (χ2v) is 4.09. The highest BCUT2D eigenvalue weighted by Crippen LogP contribution is 2.40. The van der Waals surface area contributed by atoms with Crippen molar-refractivity contribution in [1.82, 2.24) is 10.3 Å². The minimum atomic E-state index is -0.762. The molecule has 0 bridgehead atoms. The minimum Gasteiger partial charge on any atom is -0.351 e. The first-order valence-electron chi connectivity index (χ1n) is 5.35. The number of hydrogen-bond acceptors (Lipinski definition) is 3. The first-order chi connectivity index (χ1) is 7.77. The Bertz CT molecular complexity index is 418. The van der Waals surface area contributed by atoms with Crippen molar-refractivity contribution in [2.45, 2.75) is 25.8 Å². The zero-order valence-corrected chi connectivity index (χ0v) is 8.94. The first-order valence-corrected chi connectivity index (χ1v) is 5.35. The molecule has 2 rings (SSSR count). The third-order valence-corrected chi connectivity index (χ3v) is 3.03. The lowest BCUT2D eigenvalue weighted by molar-refractivity contribution is -0.131. The van der Waals surface area contributed by atoms with Gasteiger partial charge >= 0.3 is 0 Å². The minimum absolute atomic E-state index is 0.148. The lowest BCUT2D eigenvalue weighted by atomic mass is 9.69. The smallest absolute Gasteiger partial charge is 0.240 e. The number of nitrogens with zero attached hydrogens (tertiary/aromatic N) is 2. The molecule has 0 spiro atoms. The molecule has 1 aromatic heterocycles. The van der Waals surface area contributed by atoms with Crippen molar-refractivity contribution in [1.29, 1.82) is 5.26 Å². The van der Waals surface area contributed by atoms with Gasteiger partial charge in [0.25, 0.3) is 0 Å². The van der Waals surface area contributed by atoms with Crippen LogP contribution in [-0.2, 0) is 11.3 Å². The normalized spacial score (nSPS) is 16.9. The van der Waals surface area contributed by atoms with Crippen LogP contribution >= 0.6 is 0 Å². The fraction of sp³-hybridized carbons (Fsp3) is 0.417. The number of pyridine rings is 1. The number of nitrogens with one attached hydrogen (secondary N) is 1. The van der Waals surface area contributed by atoms with Crippen LogP contribution in [0, 0.1) is 16.7 Å². The zero-order chi connectivity index (χ0) is 11.4. The van der Waals surface area contributed by atoms with E-state index < -0.39 is 5.41 Å². The Labute approximate surface area is 94.3 Å².